The Hall–Kier alpha value is -3.52. The Balaban J connectivity index is 1.51. The molecular weight excluding hydrogens is 418 g/mol. The summed E-state index contributed by atoms with van der Waals surface area (Å²) in [6, 6.07) is 12.1. The standard InChI is InChI=1S/C25H27N5O3/c26-24(29-32)15-30-11-1-2-19(14-30)23-13-21(25(33-23)16-7-9-27-10-8-16)18-3-5-20-17(12-18)4-6-22(20)28-31/h3,5,7-10,12-13,19,22,32H,1-2,4,6,11,14-15H2,(H2,26,29). The van der Waals surface area contributed by atoms with Crippen molar-refractivity contribution in [3.05, 3.63) is 70.6 Å². The Morgan fingerprint density at radius 2 is 2.03 bits per heavy atom. The molecule has 0 amide bonds. The zero-order chi connectivity index (χ0) is 22.8. The molecule has 3 aromatic rings. The number of pyridine rings is 1. The van der Waals surface area contributed by atoms with Gasteiger partial charge in [0, 0.05) is 36.0 Å². The number of hydrogen-bond acceptors (Lipinski definition) is 7. The van der Waals surface area contributed by atoms with Gasteiger partial charge in [0.15, 0.2) is 5.84 Å². The second-order valence-electron chi connectivity index (χ2n) is 8.87. The first-order valence-corrected chi connectivity index (χ1v) is 11.3. The lowest BCUT2D eigenvalue weighted by molar-refractivity contribution is 0.216. The summed E-state index contributed by atoms with van der Waals surface area (Å²) in [5.41, 5.74) is 11.0. The molecule has 1 aliphatic heterocycles. The van der Waals surface area contributed by atoms with Crippen molar-refractivity contribution in [3.8, 4) is 22.5 Å². The number of amidine groups is 1. The zero-order valence-corrected chi connectivity index (χ0v) is 18.4. The number of piperidine rings is 1. The molecule has 1 aliphatic carbocycles. The van der Waals surface area contributed by atoms with Crippen LogP contribution in [0.3, 0.4) is 0 Å². The van der Waals surface area contributed by atoms with Gasteiger partial charge in [-0.05, 0) is 67.1 Å². The van der Waals surface area contributed by atoms with E-state index in [4.69, 9.17) is 15.4 Å². The topological polar surface area (TPSA) is 117 Å². The zero-order valence-electron chi connectivity index (χ0n) is 18.4. The van der Waals surface area contributed by atoms with Crippen LogP contribution in [0.15, 0.2) is 63.5 Å². The van der Waals surface area contributed by atoms with Crippen LogP contribution in [-0.2, 0) is 6.42 Å². The molecule has 170 valence electrons. The van der Waals surface area contributed by atoms with Crippen LogP contribution >= 0.6 is 0 Å². The van der Waals surface area contributed by atoms with E-state index in [0.717, 1.165) is 72.5 Å². The molecule has 1 saturated heterocycles. The lowest BCUT2D eigenvalue weighted by Crippen LogP contribution is -2.40. The average Bonchev–Trinajstić information content (AvgIpc) is 3.49. The van der Waals surface area contributed by atoms with Crippen LogP contribution in [0.4, 0.5) is 0 Å². The van der Waals surface area contributed by atoms with Crippen LogP contribution in [0.2, 0.25) is 0 Å². The van der Waals surface area contributed by atoms with E-state index < -0.39 is 0 Å². The van der Waals surface area contributed by atoms with Gasteiger partial charge in [-0.15, -0.1) is 0 Å². The van der Waals surface area contributed by atoms with Gasteiger partial charge in [-0.2, -0.15) is 4.91 Å². The molecule has 1 fully saturated rings. The van der Waals surface area contributed by atoms with E-state index in [-0.39, 0.29) is 17.8 Å². The summed E-state index contributed by atoms with van der Waals surface area (Å²) >= 11 is 0. The van der Waals surface area contributed by atoms with Gasteiger partial charge in [0.2, 0.25) is 0 Å². The fourth-order valence-corrected chi connectivity index (χ4v) is 5.11. The Morgan fingerprint density at radius 1 is 1.18 bits per heavy atom. The summed E-state index contributed by atoms with van der Waals surface area (Å²) in [5, 5.41) is 15.3. The van der Waals surface area contributed by atoms with E-state index in [9.17, 15) is 4.91 Å². The average molecular weight is 446 g/mol. The van der Waals surface area contributed by atoms with Gasteiger partial charge in [0.25, 0.3) is 0 Å². The van der Waals surface area contributed by atoms with Crippen LogP contribution in [0.25, 0.3) is 22.5 Å². The highest BCUT2D eigenvalue weighted by atomic mass is 16.4. The van der Waals surface area contributed by atoms with E-state index in [2.05, 4.69) is 38.4 Å². The van der Waals surface area contributed by atoms with Crippen molar-refractivity contribution in [2.45, 2.75) is 37.6 Å². The van der Waals surface area contributed by atoms with Crippen LogP contribution in [0.5, 0.6) is 0 Å². The third kappa shape index (κ3) is 4.26. The van der Waals surface area contributed by atoms with E-state index >= 15 is 0 Å². The molecule has 8 nitrogen and oxygen atoms in total. The molecule has 2 atom stereocenters. The van der Waals surface area contributed by atoms with Gasteiger partial charge < -0.3 is 15.4 Å². The summed E-state index contributed by atoms with van der Waals surface area (Å²) < 4.78 is 6.50. The summed E-state index contributed by atoms with van der Waals surface area (Å²) in [7, 11) is 0. The molecule has 2 unspecified atom stereocenters. The smallest absolute Gasteiger partial charge is 0.153 e. The molecule has 2 aliphatic rings. The van der Waals surface area contributed by atoms with Crippen molar-refractivity contribution in [1.82, 2.24) is 9.88 Å². The summed E-state index contributed by atoms with van der Waals surface area (Å²) in [6.07, 6.45) is 7.21. The minimum Gasteiger partial charge on any atom is -0.460 e. The minimum atomic E-state index is -0.239. The van der Waals surface area contributed by atoms with E-state index in [1.165, 1.54) is 5.56 Å². The van der Waals surface area contributed by atoms with Gasteiger partial charge in [-0.3, -0.25) is 9.88 Å². The number of fused-ring (bicyclic) bond motifs is 1. The lowest BCUT2D eigenvalue weighted by atomic mass is 9.93. The molecule has 3 N–H and O–H groups in total. The normalized spacial score (nSPS) is 21.2. The molecular formula is C25H27N5O3. The molecule has 0 spiro atoms. The summed E-state index contributed by atoms with van der Waals surface area (Å²) in [5.74, 6) is 2.20. The predicted octanol–water partition coefficient (Wildman–Crippen LogP) is 4.69. The molecule has 0 saturated carbocycles. The largest absolute Gasteiger partial charge is 0.460 e. The number of nitroso groups, excluding NO2 is 1. The Kier molecular flexibility index (Phi) is 5.92. The van der Waals surface area contributed by atoms with Crippen molar-refractivity contribution in [3.63, 3.8) is 0 Å². The lowest BCUT2D eigenvalue weighted by Gasteiger charge is -2.31. The van der Waals surface area contributed by atoms with E-state index in [0.29, 0.717) is 6.54 Å². The van der Waals surface area contributed by atoms with Crippen LogP contribution in [0, 0.1) is 4.91 Å². The molecule has 0 bridgehead atoms. The first-order valence-electron chi connectivity index (χ1n) is 11.3. The second-order valence-corrected chi connectivity index (χ2v) is 8.87. The molecule has 1 aromatic carbocycles. The number of nitrogens with zero attached hydrogens (tertiary/aromatic N) is 4. The number of likely N-dealkylation sites (tertiary alicyclic amines) is 1. The number of benzene rings is 1. The highest BCUT2D eigenvalue weighted by molar-refractivity contribution is 5.82. The number of hydrogen-bond donors (Lipinski definition) is 2. The predicted molar refractivity (Wildman–Crippen MR) is 126 cm³/mol. The number of furan rings is 1. The fraction of sp³-hybridized carbons (Fsp3) is 0.360. The van der Waals surface area contributed by atoms with Gasteiger partial charge in [0.1, 0.15) is 17.6 Å². The Labute approximate surface area is 192 Å². The van der Waals surface area contributed by atoms with Crippen molar-refractivity contribution >= 4 is 5.84 Å². The first kappa shape index (κ1) is 21.3. The molecule has 0 radical (unpaired) electrons. The molecule has 3 heterocycles. The van der Waals surface area contributed by atoms with Crippen molar-refractivity contribution in [1.29, 1.82) is 0 Å². The maximum absolute atomic E-state index is 11.2. The number of nitrogens with two attached hydrogens (primary N) is 1. The minimum absolute atomic E-state index is 0.217. The Morgan fingerprint density at radius 3 is 2.82 bits per heavy atom. The van der Waals surface area contributed by atoms with Crippen LogP contribution in [0.1, 0.15) is 48.1 Å². The number of aromatic nitrogens is 1. The van der Waals surface area contributed by atoms with Gasteiger partial charge >= 0.3 is 0 Å². The summed E-state index contributed by atoms with van der Waals surface area (Å²) in [4.78, 5) is 17.5. The van der Waals surface area contributed by atoms with Gasteiger partial charge in [0.05, 0.1) is 6.54 Å². The second kappa shape index (κ2) is 9.15. The maximum Gasteiger partial charge on any atom is 0.153 e. The third-order valence-corrected chi connectivity index (χ3v) is 6.74. The number of aryl methyl sites for hydroxylation is 1. The molecule has 2 aromatic heterocycles. The van der Waals surface area contributed by atoms with Crippen molar-refractivity contribution in [2.75, 3.05) is 19.6 Å². The first-order chi connectivity index (χ1) is 16.2. The molecule has 33 heavy (non-hydrogen) atoms. The highest BCUT2D eigenvalue weighted by Gasteiger charge is 2.28. The van der Waals surface area contributed by atoms with Gasteiger partial charge in [-0.1, -0.05) is 28.5 Å². The molecule has 5 rings (SSSR count). The van der Waals surface area contributed by atoms with Gasteiger partial charge in [-0.25, -0.2) is 0 Å². The number of rotatable bonds is 6. The van der Waals surface area contributed by atoms with E-state index in [1.54, 1.807) is 12.4 Å². The van der Waals surface area contributed by atoms with Crippen LogP contribution < -0.4 is 5.73 Å². The van der Waals surface area contributed by atoms with Crippen molar-refractivity contribution in [2.24, 2.45) is 16.1 Å². The van der Waals surface area contributed by atoms with Crippen LogP contribution in [-0.4, -0.2) is 40.6 Å². The number of oxime groups is 1. The maximum atomic E-state index is 11.2. The fourth-order valence-electron chi connectivity index (χ4n) is 5.11. The molecule has 8 heteroatoms. The monoisotopic (exact) mass is 445 g/mol. The quantitative estimate of drug-likeness (QED) is 0.187. The van der Waals surface area contributed by atoms with Crippen molar-refractivity contribution < 1.29 is 9.62 Å². The third-order valence-electron chi connectivity index (χ3n) is 6.74. The van der Waals surface area contributed by atoms with E-state index in [1.807, 2.05) is 18.2 Å². The highest BCUT2D eigenvalue weighted by Crippen LogP contribution is 2.42. The Bertz CT molecular complexity index is 1170. The summed E-state index contributed by atoms with van der Waals surface area (Å²) in [6.45, 7) is 2.14. The SMILES string of the molecule is NC(CN1CCCC(c2cc(-c3ccc4c(c3)CCC4N=O)c(-c3ccncc3)o2)C1)=NO.